The van der Waals surface area contributed by atoms with Crippen molar-refractivity contribution in [1.82, 2.24) is 9.80 Å². The molecule has 11 nitrogen and oxygen atoms in total. The third kappa shape index (κ3) is 5.91. The van der Waals surface area contributed by atoms with Crippen LogP contribution in [0, 0.1) is 10.1 Å². The number of nitrogens with zero attached hydrogens (tertiary/aromatic N) is 3. The smallest absolute Gasteiger partial charge is 0.315 e. The Morgan fingerprint density at radius 1 is 0.889 bits per heavy atom. The van der Waals surface area contributed by atoms with Gasteiger partial charge in [0, 0.05) is 38.8 Å². The van der Waals surface area contributed by atoms with Crippen LogP contribution >= 0.6 is 0 Å². The molecular formula is C25H33N3O8. The first-order valence-electron chi connectivity index (χ1n) is 11.7. The van der Waals surface area contributed by atoms with Crippen molar-refractivity contribution >= 4 is 11.6 Å². The fraction of sp³-hybridized carbons (Fsp3) is 0.480. The molecule has 0 atom stereocenters. The number of hydrogen-bond donors (Lipinski definition) is 0. The molecule has 11 heteroatoms. The van der Waals surface area contributed by atoms with Crippen molar-refractivity contribution in [2.75, 3.05) is 61.2 Å². The molecule has 0 N–H and O–H groups in total. The lowest BCUT2D eigenvalue weighted by atomic mass is 10.1. The van der Waals surface area contributed by atoms with Gasteiger partial charge in [-0.3, -0.25) is 19.8 Å². The van der Waals surface area contributed by atoms with E-state index in [4.69, 9.17) is 23.7 Å². The molecule has 196 valence electrons. The number of benzene rings is 2. The molecule has 1 aliphatic rings. The van der Waals surface area contributed by atoms with Crippen molar-refractivity contribution in [3.63, 3.8) is 0 Å². The molecular weight excluding hydrogens is 470 g/mol. The zero-order valence-corrected chi connectivity index (χ0v) is 21.4. The third-order valence-electron chi connectivity index (χ3n) is 5.94. The van der Waals surface area contributed by atoms with Gasteiger partial charge in [-0.25, -0.2) is 0 Å². The first kappa shape index (κ1) is 26.9. The highest BCUT2D eigenvalue weighted by atomic mass is 16.6. The molecule has 0 aromatic heterocycles. The third-order valence-corrected chi connectivity index (χ3v) is 5.94. The van der Waals surface area contributed by atoms with Gasteiger partial charge in [-0.05, 0) is 30.2 Å². The van der Waals surface area contributed by atoms with Crippen molar-refractivity contribution in [3.8, 4) is 28.7 Å². The molecule has 0 saturated carbocycles. The summed E-state index contributed by atoms with van der Waals surface area (Å²) in [5.74, 6) is 1.63. The van der Waals surface area contributed by atoms with E-state index in [0.29, 0.717) is 63.0 Å². The number of rotatable bonds is 11. The van der Waals surface area contributed by atoms with Crippen LogP contribution in [-0.2, 0) is 6.54 Å². The monoisotopic (exact) mass is 503 g/mol. The van der Waals surface area contributed by atoms with Crippen LogP contribution in [0.15, 0.2) is 24.3 Å². The van der Waals surface area contributed by atoms with Crippen LogP contribution in [0.5, 0.6) is 28.7 Å². The number of ether oxygens (including phenoxy) is 5. The highest BCUT2D eigenvalue weighted by molar-refractivity contribution is 5.96. The highest BCUT2D eigenvalue weighted by Crippen LogP contribution is 2.40. The number of carbonyl (C=O) groups is 1. The lowest BCUT2D eigenvalue weighted by Gasteiger charge is -2.35. The minimum absolute atomic E-state index is 0.0380. The van der Waals surface area contributed by atoms with Gasteiger partial charge in [0.05, 0.1) is 45.5 Å². The number of carbonyl (C=O) groups excluding carboxylic acids is 1. The van der Waals surface area contributed by atoms with E-state index in [1.807, 2.05) is 19.1 Å². The summed E-state index contributed by atoms with van der Waals surface area (Å²) in [5, 5.41) is 11.7. The number of methoxy groups -OCH3 is 4. The number of nitro groups is 1. The van der Waals surface area contributed by atoms with E-state index in [2.05, 4.69) is 4.90 Å². The lowest BCUT2D eigenvalue weighted by molar-refractivity contribution is -0.386. The molecule has 0 bridgehead atoms. The van der Waals surface area contributed by atoms with Crippen LogP contribution in [0.1, 0.15) is 29.3 Å². The summed E-state index contributed by atoms with van der Waals surface area (Å²) < 4.78 is 27.1. The second-order valence-corrected chi connectivity index (χ2v) is 8.23. The van der Waals surface area contributed by atoms with Crippen molar-refractivity contribution in [2.24, 2.45) is 0 Å². The standard InChI is InChI=1S/C25H33N3O8/c1-6-11-36-23-19(28(30)31)14-18(15-22(23)34-4)25(29)27-9-7-26(8-10-27)16-17-12-20(32-2)24(35-5)21(13-17)33-3/h12-15H,6-11,16H2,1-5H3. The van der Waals surface area contributed by atoms with Crippen LogP contribution in [0.2, 0.25) is 0 Å². The van der Waals surface area contributed by atoms with Gasteiger partial charge in [0.1, 0.15) is 0 Å². The molecule has 2 aromatic rings. The van der Waals surface area contributed by atoms with Crippen LogP contribution in [-0.4, -0.2) is 81.9 Å². The van der Waals surface area contributed by atoms with Gasteiger partial charge in [-0.15, -0.1) is 0 Å². The Morgan fingerprint density at radius 3 is 1.97 bits per heavy atom. The quantitative estimate of drug-likeness (QED) is 0.336. The normalized spacial score (nSPS) is 13.8. The summed E-state index contributed by atoms with van der Waals surface area (Å²) in [6, 6.07) is 6.58. The Morgan fingerprint density at radius 2 is 1.47 bits per heavy atom. The van der Waals surface area contributed by atoms with Crippen molar-refractivity contribution < 1.29 is 33.4 Å². The molecule has 1 saturated heterocycles. The summed E-state index contributed by atoms with van der Waals surface area (Å²) in [5.41, 5.74) is 0.903. The van der Waals surface area contributed by atoms with E-state index >= 15 is 0 Å². The zero-order chi connectivity index (χ0) is 26.2. The molecule has 2 aromatic carbocycles. The Kier molecular flexibility index (Phi) is 9.18. The van der Waals surface area contributed by atoms with Gasteiger partial charge >= 0.3 is 5.69 Å². The average Bonchev–Trinajstić information content (AvgIpc) is 2.90. The Balaban J connectivity index is 1.72. The van der Waals surface area contributed by atoms with Crippen molar-refractivity contribution in [1.29, 1.82) is 0 Å². The second kappa shape index (κ2) is 12.3. The number of hydrogen-bond acceptors (Lipinski definition) is 9. The molecule has 1 amide bonds. The molecule has 3 rings (SSSR count). The highest BCUT2D eigenvalue weighted by Gasteiger charge is 2.28. The maximum Gasteiger partial charge on any atom is 0.315 e. The molecule has 0 unspecified atom stereocenters. The summed E-state index contributed by atoms with van der Waals surface area (Å²) in [7, 11) is 6.11. The maximum absolute atomic E-state index is 13.2. The van der Waals surface area contributed by atoms with E-state index in [9.17, 15) is 14.9 Å². The van der Waals surface area contributed by atoms with Crippen molar-refractivity contribution in [3.05, 3.63) is 45.5 Å². The number of nitro benzene ring substituents is 1. The maximum atomic E-state index is 13.2. The Bertz CT molecular complexity index is 1060. The molecule has 1 aliphatic heterocycles. The Labute approximate surface area is 210 Å². The topological polar surface area (TPSA) is 113 Å². The van der Waals surface area contributed by atoms with Crippen molar-refractivity contribution in [2.45, 2.75) is 19.9 Å². The van der Waals surface area contributed by atoms with Crippen LogP contribution < -0.4 is 23.7 Å². The average molecular weight is 504 g/mol. The predicted molar refractivity (Wildman–Crippen MR) is 133 cm³/mol. The molecule has 1 fully saturated rings. The summed E-state index contributed by atoms with van der Waals surface area (Å²) in [6.07, 6.45) is 0.682. The first-order valence-corrected chi connectivity index (χ1v) is 11.7. The first-order chi connectivity index (χ1) is 17.4. The Hall–Kier alpha value is -3.73. The van der Waals surface area contributed by atoms with Gasteiger partial charge in [0.15, 0.2) is 17.2 Å². The number of piperazine rings is 1. The van der Waals surface area contributed by atoms with E-state index in [1.54, 1.807) is 26.2 Å². The minimum Gasteiger partial charge on any atom is -0.493 e. The van der Waals surface area contributed by atoms with Crippen LogP contribution in [0.4, 0.5) is 5.69 Å². The van der Waals surface area contributed by atoms with E-state index in [0.717, 1.165) is 5.56 Å². The van der Waals surface area contributed by atoms with E-state index in [1.165, 1.54) is 19.2 Å². The number of amides is 1. The lowest BCUT2D eigenvalue weighted by Crippen LogP contribution is -2.48. The van der Waals surface area contributed by atoms with Gasteiger partial charge in [-0.1, -0.05) is 6.92 Å². The zero-order valence-electron chi connectivity index (χ0n) is 21.4. The minimum atomic E-state index is -0.556. The molecule has 0 radical (unpaired) electrons. The summed E-state index contributed by atoms with van der Waals surface area (Å²) in [4.78, 5) is 28.2. The van der Waals surface area contributed by atoms with Crippen LogP contribution in [0.25, 0.3) is 0 Å². The SMILES string of the molecule is CCCOc1c(OC)cc(C(=O)N2CCN(Cc3cc(OC)c(OC)c(OC)c3)CC2)cc1[N+](=O)[O-]. The second-order valence-electron chi connectivity index (χ2n) is 8.23. The van der Waals surface area contributed by atoms with Gasteiger partial charge in [-0.2, -0.15) is 0 Å². The van der Waals surface area contributed by atoms with E-state index in [-0.39, 0.29) is 28.7 Å². The molecule has 0 aliphatic carbocycles. The molecule has 36 heavy (non-hydrogen) atoms. The van der Waals surface area contributed by atoms with E-state index < -0.39 is 4.92 Å². The molecule has 0 spiro atoms. The van der Waals surface area contributed by atoms with Gasteiger partial charge < -0.3 is 28.6 Å². The molecule has 1 heterocycles. The van der Waals surface area contributed by atoms with Gasteiger partial charge in [0.2, 0.25) is 11.5 Å². The largest absolute Gasteiger partial charge is 0.493 e. The summed E-state index contributed by atoms with van der Waals surface area (Å²) in [6.45, 7) is 5.08. The summed E-state index contributed by atoms with van der Waals surface area (Å²) >= 11 is 0. The van der Waals surface area contributed by atoms with Gasteiger partial charge in [0.25, 0.3) is 5.91 Å². The van der Waals surface area contributed by atoms with Crippen LogP contribution in [0.3, 0.4) is 0 Å². The fourth-order valence-corrected chi connectivity index (χ4v) is 4.12. The predicted octanol–water partition coefficient (Wildman–Crippen LogP) is 3.38. The fourth-order valence-electron chi connectivity index (χ4n) is 4.12.